The van der Waals surface area contributed by atoms with Gasteiger partial charge in [0, 0.05) is 19.2 Å². The van der Waals surface area contributed by atoms with Crippen LogP contribution in [-0.2, 0) is 16.6 Å². The summed E-state index contributed by atoms with van der Waals surface area (Å²) in [4.78, 5) is 0.282. The highest BCUT2D eigenvalue weighted by Crippen LogP contribution is 2.28. The van der Waals surface area contributed by atoms with Crippen molar-refractivity contribution in [1.82, 2.24) is 9.46 Å². The van der Waals surface area contributed by atoms with Gasteiger partial charge in [0.1, 0.15) is 11.5 Å². The molecule has 6 nitrogen and oxygen atoms in total. The highest BCUT2D eigenvalue weighted by molar-refractivity contribution is 7.89. The second kappa shape index (κ2) is 6.33. The fourth-order valence-corrected chi connectivity index (χ4v) is 3.89. The summed E-state index contributed by atoms with van der Waals surface area (Å²) in [6.45, 7) is 7.38. The van der Waals surface area contributed by atoms with Crippen molar-refractivity contribution in [1.29, 1.82) is 0 Å². The van der Waals surface area contributed by atoms with Crippen LogP contribution < -0.4 is 4.74 Å². The van der Waals surface area contributed by atoms with E-state index in [0.29, 0.717) is 22.8 Å². The van der Waals surface area contributed by atoms with Crippen molar-refractivity contribution in [2.24, 2.45) is 0 Å². The molecule has 0 amide bonds. The molecule has 0 fully saturated rings. The molecule has 23 heavy (non-hydrogen) atoms. The number of ether oxygens (including phenoxy) is 1. The SMILES string of the molecule is COc1cc(C)c(S(=O)(=O)N(C)Cc2c(C)noc2C)cc1C. The number of rotatable bonds is 5. The van der Waals surface area contributed by atoms with Gasteiger partial charge in [0.15, 0.2) is 0 Å². The van der Waals surface area contributed by atoms with Gasteiger partial charge in [-0.05, 0) is 51.0 Å². The Labute approximate surface area is 137 Å². The van der Waals surface area contributed by atoms with Crippen LogP contribution in [0.15, 0.2) is 21.6 Å². The molecule has 0 N–H and O–H groups in total. The van der Waals surface area contributed by atoms with Crippen LogP contribution in [0.3, 0.4) is 0 Å². The fourth-order valence-electron chi connectivity index (χ4n) is 2.46. The Kier molecular flexibility index (Phi) is 4.81. The summed E-state index contributed by atoms with van der Waals surface area (Å²) in [6, 6.07) is 3.39. The van der Waals surface area contributed by atoms with E-state index in [0.717, 1.165) is 11.1 Å². The summed E-state index contributed by atoms with van der Waals surface area (Å²) in [7, 11) is -0.494. The van der Waals surface area contributed by atoms with E-state index in [-0.39, 0.29) is 11.4 Å². The largest absolute Gasteiger partial charge is 0.496 e. The second-order valence-electron chi connectivity index (χ2n) is 5.65. The first-order valence-corrected chi connectivity index (χ1v) is 8.65. The van der Waals surface area contributed by atoms with Crippen molar-refractivity contribution < 1.29 is 17.7 Å². The Morgan fingerprint density at radius 1 is 1.17 bits per heavy atom. The monoisotopic (exact) mass is 338 g/mol. The van der Waals surface area contributed by atoms with Gasteiger partial charge in [0.25, 0.3) is 0 Å². The predicted molar refractivity (Wildman–Crippen MR) is 87.1 cm³/mol. The molecule has 0 saturated carbocycles. The Morgan fingerprint density at radius 3 is 2.35 bits per heavy atom. The van der Waals surface area contributed by atoms with Crippen LogP contribution >= 0.6 is 0 Å². The van der Waals surface area contributed by atoms with E-state index in [4.69, 9.17) is 9.26 Å². The lowest BCUT2D eigenvalue weighted by atomic mass is 10.1. The quantitative estimate of drug-likeness (QED) is 0.838. The Hall–Kier alpha value is -1.86. The third kappa shape index (κ3) is 3.25. The van der Waals surface area contributed by atoms with Crippen molar-refractivity contribution in [2.45, 2.75) is 39.1 Å². The maximum atomic E-state index is 12.9. The smallest absolute Gasteiger partial charge is 0.243 e. The number of sulfonamides is 1. The van der Waals surface area contributed by atoms with E-state index in [1.807, 2.05) is 6.92 Å². The molecular weight excluding hydrogens is 316 g/mol. The van der Waals surface area contributed by atoms with Gasteiger partial charge in [-0.25, -0.2) is 8.42 Å². The van der Waals surface area contributed by atoms with Crippen LogP contribution in [0.2, 0.25) is 0 Å². The molecule has 7 heteroatoms. The molecule has 1 aromatic carbocycles. The minimum atomic E-state index is -3.62. The lowest BCUT2D eigenvalue weighted by Crippen LogP contribution is -2.27. The lowest BCUT2D eigenvalue weighted by molar-refractivity contribution is 0.390. The maximum Gasteiger partial charge on any atom is 0.243 e. The number of methoxy groups -OCH3 is 1. The Bertz CT molecular complexity index is 805. The molecule has 0 saturated heterocycles. The molecule has 126 valence electrons. The van der Waals surface area contributed by atoms with Gasteiger partial charge in [-0.3, -0.25) is 0 Å². The molecule has 0 aliphatic carbocycles. The second-order valence-corrected chi connectivity index (χ2v) is 7.66. The average Bonchev–Trinajstić information content (AvgIpc) is 2.80. The normalized spacial score (nSPS) is 12.0. The van der Waals surface area contributed by atoms with Gasteiger partial charge in [-0.1, -0.05) is 5.16 Å². The van der Waals surface area contributed by atoms with E-state index in [9.17, 15) is 8.42 Å². The molecule has 1 aromatic heterocycles. The summed E-state index contributed by atoms with van der Waals surface area (Å²) in [6.07, 6.45) is 0. The van der Waals surface area contributed by atoms with Crippen molar-refractivity contribution in [3.63, 3.8) is 0 Å². The minimum Gasteiger partial charge on any atom is -0.496 e. The van der Waals surface area contributed by atoms with Crippen LogP contribution in [0, 0.1) is 27.7 Å². The zero-order chi connectivity index (χ0) is 17.4. The van der Waals surface area contributed by atoms with Crippen molar-refractivity contribution >= 4 is 10.0 Å². The predicted octanol–water partition coefficient (Wildman–Crippen LogP) is 2.74. The topological polar surface area (TPSA) is 72.6 Å². The molecule has 0 spiro atoms. The number of benzene rings is 1. The van der Waals surface area contributed by atoms with Gasteiger partial charge in [-0.2, -0.15) is 4.31 Å². The highest BCUT2D eigenvalue weighted by atomic mass is 32.2. The van der Waals surface area contributed by atoms with Gasteiger partial charge in [-0.15, -0.1) is 0 Å². The Balaban J connectivity index is 2.40. The van der Waals surface area contributed by atoms with Gasteiger partial charge >= 0.3 is 0 Å². The first kappa shape index (κ1) is 17.5. The first-order valence-electron chi connectivity index (χ1n) is 7.21. The van der Waals surface area contributed by atoms with E-state index >= 15 is 0 Å². The number of aromatic nitrogens is 1. The van der Waals surface area contributed by atoms with Crippen molar-refractivity contribution in [3.05, 3.63) is 40.3 Å². The Morgan fingerprint density at radius 2 is 1.83 bits per heavy atom. The summed E-state index contributed by atoms with van der Waals surface area (Å²) in [5.74, 6) is 1.31. The molecule has 2 aromatic rings. The first-order chi connectivity index (χ1) is 10.7. The summed E-state index contributed by atoms with van der Waals surface area (Å²) in [5, 5.41) is 3.87. The van der Waals surface area contributed by atoms with E-state index < -0.39 is 10.0 Å². The van der Waals surface area contributed by atoms with Crippen LogP contribution in [0.4, 0.5) is 0 Å². The molecule has 0 radical (unpaired) electrons. The van der Waals surface area contributed by atoms with Crippen LogP contribution in [0.25, 0.3) is 0 Å². The molecular formula is C16H22N2O4S. The number of hydrogen-bond donors (Lipinski definition) is 0. The molecule has 0 unspecified atom stereocenters. The summed E-state index contributed by atoms with van der Waals surface area (Å²) in [5.41, 5.74) is 2.92. The van der Waals surface area contributed by atoms with Crippen molar-refractivity contribution in [2.75, 3.05) is 14.2 Å². The van der Waals surface area contributed by atoms with Crippen molar-refractivity contribution in [3.8, 4) is 5.75 Å². The number of hydrogen-bond acceptors (Lipinski definition) is 5. The zero-order valence-corrected chi connectivity index (χ0v) is 15.1. The van der Waals surface area contributed by atoms with Gasteiger partial charge in [0.2, 0.25) is 10.0 Å². The summed E-state index contributed by atoms with van der Waals surface area (Å²) < 4.78 is 37.4. The van der Waals surface area contributed by atoms with Gasteiger partial charge < -0.3 is 9.26 Å². The van der Waals surface area contributed by atoms with Crippen LogP contribution in [-0.4, -0.2) is 32.0 Å². The van der Waals surface area contributed by atoms with Gasteiger partial charge in [0.05, 0.1) is 17.7 Å². The van der Waals surface area contributed by atoms with E-state index in [2.05, 4.69) is 5.16 Å². The van der Waals surface area contributed by atoms with Crippen LogP contribution in [0.5, 0.6) is 5.75 Å². The summed E-state index contributed by atoms with van der Waals surface area (Å²) >= 11 is 0. The molecule has 0 bridgehead atoms. The number of aryl methyl sites for hydroxylation is 4. The average molecular weight is 338 g/mol. The molecule has 2 rings (SSSR count). The zero-order valence-electron chi connectivity index (χ0n) is 14.3. The maximum absolute atomic E-state index is 12.9. The molecule has 0 atom stereocenters. The molecule has 1 heterocycles. The fraction of sp³-hybridized carbons (Fsp3) is 0.438. The van der Waals surface area contributed by atoms with Crippen LogP contribution in [0.1, 0.15) is 28.1 Å². The minimum absolute atomic E-state index is 0.216. The van der Waals surface area contributed by atoms with E-state index in [1.165, 1.54) is 4.31 Å². The standard InChI is InChI=1S/C16H22N2O4S/c1-10-8-16(11(2)7-15(10)21-6)23(19,20)18(5)9-14-12(3)17-22-13(14)4/h7-8H,9H2,1-6H3. The van der Waals surface area contributed by atoms with E-state index in [1.54, 1.807) is 47.1 Å². The lowest BCUT2D eigenvalue weighted by Gasteiger charge is -2.19. The highest BCUT2D eigenvalue weighted by Gasteiger charge is 2.26. The third-order valence-electron chi connectivity index (χ3n) is 3.94. The molecule has 0 aliphatic rings. The molecule has 0 aliphatic heterocycles. The number of nitrogens with zero attached hydrogens (tertiary/aromatic N) is 2. The third-order valence-corrected chi connectivity index (χ3v) is 5.89.